The van der Waals surface area contributed by atoms with Gasteiger partial charge in [-0.25, -0.2) is 14.5 Å². The first kappa shape index (κ1) is 13.4. The Balaban J connectivity index is 2.20. The van der Waals surface area contributed by atoms with Crippen molar-refractivity contribution in [1.29, 1.82) is 0 Å². The third-order valence-electron chi connectivity index (χ3n) is 2.54. The Morgan fingerprint density at radius 3 is 3.00 bits per heavy atom. The van der Waals surface area contributed by atoms with E-state index >= 15 is 0 Å². The quantitative estimate of drug-likeness (QED) is 0.909. The summed E-state index contributed by atoms with van der Waals surface area (Å²) in [4.78, 5) is 15.2. The molecule has 19 heavy (non-hydrogen) atoms. The van der Waals surface area contributed by atoms with E-state index in [1.165, 1.54) is 12.4 Å². The molecule has 1 heterocycles. The van der Waals surface area contributed by atoms with Crippen LogP contribution in [-0.4, -0.2) is 25.8 Å². The van der Waals surface area contributed by atoms with Gasteiger partial charge in [0, 0.05) is 6.54 Å². The molecule has 0 saturated carbocycles. The third kappa shape index (κ3) is 2.85. The van der Waals surface area contributed by atoms with Crippen LogP contribution in [0.5, 0.6) is 5.75 Å². The van der Waals surface area contributed by atoms with Gasteiger partial charge in [-0.1, -0.05) is 17.7 Å². The highest BCUT2D eigenvalue weighted by Gasteiger charge is 2.16. The van der Waals surface area contributed by atoms with Crippen molar-refractivity contribution in [2.45, 2.75) is 20.1 Å². The summed E-state index contributed by atoms with van der Waals surface area (Å²) in [5, 5.41) is 13.3. The lowest BCUT2D eigenvalue weighted by Gasteiger charge is -2.10. The van der Waals surface area contributed by atoms with E-state index in [0.717, 1.165) is 0 Å². The molecule has 7 heteroatoms. The zero-order chi connectivity index (χ0) is 13.8. The van der Waals surface area contributed by atoms with Crippen molar-refractivity contribution in [2.75, 3.05) is 0 Å². The van der Waals surface area contributed by atoms with Crippen LogP contribution in [0.2, 0.25) is 5.02 Å². The fourth-order valence-electron chi connectivity index (χ4n) is 1.64. The normalized spacial score (nSPS) is 10.4. The summed E-state index contributed by atoms with van der Waals surface area (Å²) in [6, 6.07) is 4.70. The van der Waals surface area contributed by atoms with Crippen molar-refractivity contribution in [3.8, 4) is 5.75 Å². The molecule has 0 amide bonds. The SMILES string of the molecule is CCn1ncnc1COc1cccc(Cl)c1C(=O)O. The van der Waals surface area contributed by atoms with Crippen LogP contribution >= 0.6 is 11.6 Å². The van der Waals surface area contributed by atoms with Crippen molar-refractivity contribution in [3.63, 3.8) is 0 Å². The van der Waals surface area contributed by atoms with E-state index in [2.05, 4.69) is 10.1 Å². The monoisotopic (exact) mass is 281 g/mol. The molecule has 0 atom stereocenters. The number of aryl methyl sites for hydroxylation is 1. The summed E-state index contributed by atoms with van der Waals surface area (Å²) in [6.45, 7) is 2.73. The van der Waals surface area contributed by atoms with Gasteiger partial charge in [-0.2, -0.15) is 5.10 Å². The molecule has 0 aliphatic heterocycles. The van der Waals surface area contributed by atoms with Gasteiger partial charge < -0.3 is 9.84 Å². The Morgan fingerprint density at radius 1 is 1.53 bits per heavy atom. The summed E-state index contributed by atoms with van der Waals surface area (Å²) in [7, 11) is 0. The number of aromatic nitrogens is 3. The lowest BCUT2D eigenvalue weighted by molar-refractivity contribution is 0.0691. The van der Waals surface area contributed by atoms with E-state index < -0.39 is 5.97 Å². The number of halogens is 1. The first-order chi connectivity index (χ1) is 9.13. The van der Waals surface area contributed by atoms with Crippen molar-refractivity contribution in [3.05, 3.63) is 40.9 Å². The van der Waals surface area contributed by atoms with E-state index in [1.54, 1.807) is 16.8 Å². The lowest BCUT2D eigenvalue weighted by Crippen LogP contribution is -2.09. The number of nitrogens with zero attached hydrogens (tertiary/aromatic N) is 3. The minimum atomic E-state index is -1.13. The fourth-order valence-corrected chi connectivity index (χ4v) is 1.89. The van der Waals surface area contributed by atoms with E-state index in [0.29, 0.717) is 12.4 Å². The molecule has 0 saturated heterocycles. The molecule has 100 valence electrons. The number of ether oxygens (including phenoxy) is 1. The molecule has 0 unspecified atom stereocenters. The van der Waals surface area contributed by atoms with E-state index in [-0.39, 0.29) is 22.9 Å². The molecular weight excluding hydrogens is 270 g/mol. The zero-order valence-electron chi connectivity index (χ0n) is 10.2. The number of carboxylic acids is 1. The van der Waals surface area contributed by atoms with E-state index in [1.807, 2.05) is 6.92 Å². The van der Waals surface area contributed by atoms with Gasteiger partial charge in [0.2, 0.25) is 0 Å². The van der Waals surface area contributed by atoms with Crippen LogP contribution in [0.1, 0.15) is 23.1 Å². The van der Waals surface area contributed by atoms with Crippen LogP contribution in [0, 0.1) is 0 Å². The molecule has 2 rings (SSSR count). The molecule has 0 aliphatic rings. The van der Waals surface area contributed by atoms with Crippen LogP contribution < -0.4 is 4.74 Å². The standard InChI is InChI=1S/C12H12ClN3O3/c1-2-16-10(14-7-15-16)6-19-9-5-3-4-8(13)11(9)12(17)18/h3-5,7H,2,6H2,1H3,(H,17,18). The van der Waals surface area contributed by atoms with Gasteiger partial charge in [0.1, 0.15) is 24.2 Å². The lowest BCUT2D eigenvalue weighted by atomic mass is 10.2. The highest BCUT2D eigenvalue weighted by atomic mass is 35.5. The largest absolute Gasteiger partial charge is 0.485 e. The van der Waals surface area contributed by atoms with Gasteiger partial charge in [0.25, 0.3) is 0 Å². The number of carboxylic acid groups (broad SMARTS) is 1. The second-order valence-corrected chi connectivity index (χ2v) is 4.11. The molecule has 1 N–H and O–H groups in total. The smallest absolute Gasteiger partial charge is 0.341 e. The topological polar surface area (TPSA) is 77.2 Å². The van der Waals surface area contributed by atoms with Crippen molar-refractivity contribution in [2.24, 2.45) is 0 Å². The van der Waals surface area contributed by atoms with Crippen LogP contribution in [0.4, 0.5) is 0 Å². The van der Waals surface area contributed by atoms with Gasteiger partial charge in [-0.3, -0.25) is 0 Å². The van der Waals surface area contributed by atoms with Crippen LogP contribution in [0.25, 0.3) is 0 Å². The second-order valence-electron chi connectivity index (χ2n) is 3.70. The van der Waals surface area contributed by atoms with Gasteiger partial charge in [0.05, 0.1) is 5.02 Å². The molecule has 0 spiro atoms. The predicted octanol–water partition coefficient (Wildman–Crippen LogP) is 2.23. The molecule has 1 aromatic heterocycles. The van der Waals surface area contributed by atoms with Crippen LogP contribution in [-0.2, 0) is 13.2 Å². The first-order valence-electron chi connectivity index (χ1n) is 5.64. The summed E-state index contributed by atoms with van der Waals surface area (Å²) in [6.07, 6.45) is 1.43. The van der Waals surface area contributed by atoms with Crippen molar-refractivity contribution >= 4 is 17.6 Å². The molecule has 0 bridgehead atoms. The van der Waals surface area contributed by atoms with Gasteiger partial charge in [-0.15, -0.1) is 0 Å². The maximum absolute atomic E-state index is 11.1. The Labute approximate surface area is 114 Å². The highest BCUT2D eigenvalue weighted by molar-refractivity contribution is 6.33. The Hall–Kier alpha value is -2.08. The Kier molecular flexibility index (Phi) is 4.01. The first-order valence-corrected chi connectivity index (χ1v) is 6.02. The molecule has 2 aromatic rings. The maximum Gasteiger partial charge on any atom is 0.341 e. The summed E-state index contributed by atoms with van der Waals surface area (Å²) in [5.74, 6) is -0.290. The molecule has 0 aliphatic carbocycles. The fraction of sp³-hybridized carbons (Fsp3) is 0.250. The number of carbonyl (C=O) groups is 1. The number of aromatic carboxylic acids is 1. The molecular formula is C12H12ClN3O3. The minimum absolute atomic E-state index is 0.0493. The zero-order valence-corrected chi connectivity index (χ0v) is 11.0. The number of rotatable bonds is 5. The van der Waals surface area contributed by atoms with Crippen molar-refractivity contribution < 1.29 is 14.6 Å². The van der Waals surface area contributed by atoms with Gasteiger partial charge >= 0.3 is 5.97 Å². The molecule has 0 radical (unpaired) electrons. The van der Waals surface area contributed by atoms with E-state index in [9.17, 15) is 4.79 Å². The Bertz CT molecular complexity index is 598. The number of benzene rings is 1. The minimum Gasteiger partial charge on any atom is -0.485 e. The maximum atomic E-state index is 11.1. The Morgan fingerprint density at radius 2 is 2.32 bits per heavy atom. The van der Waals surface area contributed by atoms with Gasteiger partial charge in [-0.05, 0) is 19.1 Å². The molecule has 6 nitrogen and oxygen atoms in total. The summed E-state index contributed by atoms with van der Waals surface area (Å²) < 4.78 is 7.15. The molecule has 1 aromatic carbocycles. The molecule has 0 fully saturated rings. The third-order valence-corrected chi connectivity index (χ3v) is 2.86. The van der Waals surface area contributed by atoms with Crippen LogP contribution in [0.3, 0.4) is 0 Å². The predicted molar refractivity (Wildman–Crippen MR) is 68.4 cm³/mol. The van der Waals surface area contributed by atoms with Crippen molar-refractivity contribution in [1.82, 2.24) is 14.8 Å². The summed E-state index contributed by atoms with van der Waals surface area (Å²) >= 11 is 5.85. The summed E-state index contributed by atoms with van der Waals surface area (Å²) in [5.41, 5.74) is -0.0493. The van der Waals surface area contributed by atoms with Gasteiger partial charge in [0.15, 0.2) is 5.82 Å². The number of hydrogen-bond acceptors (Lipinski definition) is 4. The van der Waals surface area contributed by atoms with Crippen LogP contribution in [0.15, 0.2) is 24.5 Å². The number of hydrogen-bond donors (Lipinski definition) is 1. The second kappa shape index (κ2) is 5.71. The average Bonchev–Trinajstić information content (AvgIpc) is 2.83. The average molecular weight is 282 g/mol. The highest BCUT2D eigenvalue weighted by Crippen LogP contribution is 2.26. The van der Waals surface area contributed by atoms with E-state index in [4.69, 9.17) is 21.4 Å².